The van der Waals surface area contributed by atoms with Gasteiger partial charge in [0.15, 0.2) is 11.6 Å². The van der Waals surface area contributed by atoms with Gasteiger partial charge in [-0.3, -0.25) is 0 Å². The highest BCUT2D eigenvalue weighted by atomic mass is 16.7. The normalized spacial score (nSPS) is 18.9. The maximum absolute atomic E-state index is 5.77. The minimum atomic E-state index is -0.407. The summed E-state index contributed by atoms with van der Waals surface area (Å²) in [5, 5.41) is 11.6. The van der Waals surface area contributed by atoms with Gasteiger partial charge in [-0.1, -0.05) is 12.1 Å². The van der Waals surface area contributed by atoms with Gasteiger partial charge in [0.25, 0.3) is 0 Å². The second kappa shape index (κ2) is 7.43. The summed E-state index contributed by atoms with van der Waals surface area (Å²) in [5.41, 5.74) is 0.853. The van der Waals surface area contributed by atoms with Crippen LogP contribution in [0.5, 0.6) is 5.75 Å². The lowest BCUT2D eigenvalue weighted by Gasteiger charge is -2.37. The number of nitrogens with one attached hydrogen (secondary N) is 1. The zero-order valence-electron chi connectivity index (χ0n) is 14.9. The van der Waals surface area contributed by atoms with Crippen LogP contribution in [0.4, 0.5) is 17.5 Å². The Hall–Kier alpha value is -2.45. The van der Waals surface area contributed by atoms with Crippen LogP contribution in [-0.4, -0.2) is 53.9 Å². The minimum Gasteiger partial charge on any atom is -0.492 e. The molecule has 138 valence electrons. The predicted octanol–water partition coefficient (Wildman–Crippen LogP) is 2.36. The van der Waals surface area contributed by atoms with Crippen molar-refractivity contribution < 1.29 is 14.2 Å². The summed E-state index contributed by atoms with van der Waals surface area (Å²) in [4.78, 5) is 6.73. The fraction of sp³-hybridized carbons (Fsp3) is 0.500. The van der Waals surface area contributed by atoms with Crippen molar-refractivity contribution in [1.82, 2.24) is 15.2 Å². The molecule has 8 nitrogen and oxygen atoms in total. The molecule has 0 radical (unpaired) electrons. The van der Waals surface area contributed by atoms with E-state index in [0.717, 1.165) is 37.4 Å². The number of piperidine rings is 1. The third-order valence-electron chi connectivity index (χ3n) is 4.62. The number of aromatic nitrogens is 3. The first-order valence-corrected chi connectivity index (χ1v) is 8.99. The fourth-order valence-corrected chi connectivity index (χ4v) is 3.31. The van der Waals surface area contributed by atoms with E-state index in [4.69, 9.17) is 14.2 Å². The van der Waals surface area contributed by atoms with Gasteiger partial charge in [0.1, 0.15) is 5.75 Å². The molecule has 4 rings (SSSR count). The number of ether oxygens (including phenoxy) is 3. The molecule has 1 spiro atoms. The van der Waals surface area contributed by atoms with Gasteiger partial charge in [-0.05, 0) is 19.1 Å². The van der Waals surface area contributed by atoms with E-state index in [1.807, 2.05) is 31.2 Å². The number of hydrogen-bond acceptors (Lipinski definition) is 8. The second-order valence-electron chi connectivity index (χ2n) is 6.29. The van der Waals surface area contributed by atoms with Crippen LogP contribution in [0, 0.1) is 0 Å². The van der Waals surface area contributed by atoms with Crippen molar-refractivity contribution in [2.75, 3.05) is 43.1 Å². The first-order valence-electron chi connectivity index (χ1n) is 8.99. The highest BCUT2D eigenvalue weighted by Gasteiger charge is 2.40. The van der Waals surface area contributed by atoms with Gasteiger partial charge in [0.2, 0.25) is 5.95 Å². The van der Waals surface area contributed by atoms with E-state index in [9.17, 15) is 0 Å². The fourth-order valence-electron chi connectivity index (χ4n) is 3.31. The van der Waals surface area contributed by atoms with Crippen LogP contribution in [0.2, 0.25) is 0 Å². The Bertz CT molecular complexity index is 741. The Morgan fingerprint density at radius 3 is 2.73 bits per heavy atom. The molecule has 1 aromatic heterocycles. The molecule has 26 heavy (non-hydrogen) atoms. The van der Waals surface area contributed by atoms with Gasteiger partial charge in [-0.2, -0.15) is 10.1 Å². The van der Waals surface area contributed by atoms with E-state index in [-0.39, 0.29) is 0 Å². The number of para-hydroxylation sites is 2. The molecule has 8 heteroatoms. The zero-order chi connectivity index (χ0) is 17.8. The van der Waals surface area contributed by atoms with E-state index in [2.05, 4.69) is 25.4 Å². The van der Waals surface area contributed by atoms with E-state index >= 15 is 0 Å². The molecule has 1 N–H and O–H groups in total. The van der Waals surface area contributed by atoms with Crippen LogP contribution in [0.3, 0.4) is 0 Å². The Morgan fingerprint density at radius 2 is 1.96 bits per heavy atom. The standard InChI is InChI=1S/C18H23N5O3/c1-2-24-15-6-4-3-5-14(15)20-16-13-19-22-17(21-16)23-9-7-18(8-10-23)25-11-12-26-18/h3-6,13H,2,7-12H2,1H3,(H,20,21,22). The lowest BCUT2D eigenvalue weighted by molar-refractivity contribution is -0.169. The Labute approximate surface area is 152 Å². The summed E-state index contributed by atoms with van der Waals surface area (Å²) in [5.74, 6) is 1.62. The monoisotopic (exact) mass is 357 g/mol. The van der Waals surface area contributed by atoms with Crippen molar-refractivity contribution in [3.8, 4) is 5.75 Å². The number of hydrogen-bond donors (Lipinski definition) is 1. The van der Waals surface area contributed by atoms with E-state index in [0.29, 0.717) is 31.6 Å². The van der Waals surface area contributed by atoms with Crippen LogP contribution >= 0.6 is 0 Å². The summed E-state index contributed by atoms with van der Waals surface area (Å²) in [6, 6.07) is 7.77. The summed E-state index contributed by atoms with van der Waals surface area (Å²) in [7, 11) is 0. The van der Waals surface area contributed by atoms with Crippen molar-refractivity contribution >= 4 is 17.5 Å². The predicted molar refractivity (Wildman–Crippen MR) is 96.8 cm³/mol. The van der Waals surface area contributed by atoms with Crippen molar-refractivity contribution in [3.05, 3.63) is 30.5 Å². The van der Waals surface area contributed by atoms with Crippen LogP contribution in [0.15, 0.2) is 30.5 Å². The van der Waals surface area contributed by atoms with Crippen LogP contribution in [-0.2, 0) is 9.47 Å². The van der Waals surface area contributed by atoms with Gasteiger partial charge < -0.3 is 24.4 Å². The molecular weight excluding hydrogens is 334 g/mol. The third kappa shape index (κ3) is 3.56. The molecule has 0 bridgehead atoms. The molecule has 0 amide bonds. The van der Waals surface area contributed by atoms with Gasteiger partial charge in [-0.25, -0.2) is 0 Å². The first-order chi connectivity index (χ1) is 12.8. The van der Waals surface area contributed by atoms with E-state index in [1.165, 1.54) is 0 Å². The molecule has 2 aromatic rings. The Morgan fingerprint density at radius 1 is 1.19 bits per heavy atom. The molecule has 0 atom stereocenters. The SMILES string of the molecule is CCOc1ccccc1Nc1cnnc(N2CCC3(CC2)OCCO3)n1. The summed E-state index contributed by atoms with van der Waals surface area (Å²) in [6.07, 6.45) is 3.23. The van der Waals surface area contributed by atoms with Crippen molar-refractivity contribution in [3.63, 3.8) is 0 Å². The van der Waals surface area contributed by atoms with Crippen LogP contribution < -0.4 is 15.0 Å². The number of nitrogens with zero attached hydrogens (tertiary/aromatic N) is 4. The average Bonchev–Trinajstić information content (AvgIpc) is 3.12. The summed E-state index contributed by atoms with van der Waals surface area (Å²) < 4.78 is 17.2. The molecule has 3 heterocycles. The molecule has 0 saturated carbocycles. The smallest absolute Gasteiger partial charge is 0.247 e. The second-order valence-corrected chi connectivity index (χ2v) is 6.29. The number of rotatable bonds is 5. The van der Waals surface area contributed by atoms with Gasteiger partial charge in [-0.15, -0.1) is 5.10 Å². The molecule has 2 saturated heterocycles. The number of anilines is 3. The van der Waals surface area contributed by atoms with Crippen molar-refractivity contribution in [2.45, 2.75) is 25.6 Å². The topological polar surface area (TPSA) is 81.6 Å². The molecule has 1 aromatic carbocycles. The molecule has 2 fully saturated rings. The number of benzene rings is 1. The highest BCUT2D eigenvalue weighted by Crippen LogP contribution is 2.32. The molecule has 2 aliphatic rings. The van der Waals surface area contributed by atoms with Crippen molar-refractivity contribution in [1.29, 1.82) is 0 Å². The largest absolute Gasteiger partial charge is 0.492 e. The van der Waals surface area contributed by atoms with Gasteiger partial charge >= 0.3 is 0 Å². The summed E-state index contributed by atoms with van der Waals surface area (Å²) in [6.45, 7) is 5.47. The minimum absolute atomic E-state index is 0.407. The summed E-state index contributed by atoms with van der Waals surface area (Å²) >= 11 is 0. The molecule has 2 aliphatic heterocycles. The van der Waals surface area contributed by atoms with Crippen molar-refractivity contribution in [2.24, 2.45) is 0 Å². The average molecular weight is 357 g/mol. The van der Waals surface area contributed by atoms with E-state index < -0.39 is 5.79 Å². The zero-order valence-corrected chi connectivity index (χ0v) is 14.9. The quantitative estimate of drug-likeness (QED) is 0.873. The van der Waals surface area contributed by atoms with Crippen LogP contribution in [0.25, 0.3) is 0 Å². The lowest BCUT2D eigenvalue weighted by atomic mass is 10.0. The molecule has 0 unspecified atom stereocenters. The maximum atomic E-state index is 5.77. The van der Waals surface area contributed by atoms with Gasteiger partial charge in [0, 0.05) is 25.9 Å². The molecule has 0 aliphatic carbocycles. The van der Waals surface area contributed by atoms with Gasteiger partial charge in [0.05, 0.1) is 31.7 Å². The maximum Gasteiger partial charge on any atom is 0.247 e. The first kappa shape index (κ1) is 17.0. The lowest BCUT2D eigenvalue weighted by Crippen LogP contribution is -2.45. The highest BCUT2D eigenvalue weighted by molar-refractivity contribution is 5.64. The Balaban J connectivity index is 1.46. The third-order valence-corrected chi connectivity index (χ3v) is 4.62. The molecular formula is C18H23N5O3. The Kier molecular flexibility index (Phi) is 4.85. The van der Waals surface area contributed by atoms with Crippen LogP contribution in [0.1, 0.15) is 19.8 Å². The van der Waals surface area contributed by atoms with E-state index in [1.54, 1.807) is 6.20 Å².